The van der Waals surface area contributed by atoms with Gasteiger partial charge in [-0.15, -0.1) is 0 Å². The third-order valence-electron chi connectivity index (χ3n) is 3.01. The molecular weight excluding hydrogens is 230 g/mol. The summed E-state index contributed by atoms with van der Waals surface area (Å²) in [6.07, 6.45) is 0.490. The molecule has 1 aliphatic heterocycles. The smallest absolute Gasteiger partial charge is 0.240 e. The predicted octanol–water partition coefficient (Wildman–Crippen LogP) is 0.837. The maximum Gasteiger partial charge on any atom is 0.240 e. The molecule has 1 N–H and O–H groups in total. The molecule has 1 fully saturated rings. The minimum absolute atomic E-state index is 0.197. The van der Waals surface area contributed by atoms with Crippen LogP contribution in [0.4, 0.5) is 0 Å². The summed E-state index contributed by atoms with van der Waals surface area (Å²) < 4.78 is 5.19. The molecule has 0 saturated carbocycles. The first-order valence-corrected chi connectivity index (χ1v) is 6.05. The molecule has 0 aliphatic carbocycles. The van der Waals surface area contributed by atoms with Crippen LogP contribution in [0.2, 0.25) is 0 Å². The number of hydrogen-bond acceptors (Lipinski definition) is 5. The number of aliphatic hydroxyl groups is 1. The molecular formula is C13H15N3O2. The molecule has 0 radical (unpaired) electrons. The van der Waals surface area contributed by atoms with E-state index in [1.165, 1.54) is 5.56 Å². The average molecular weight is 245 g/mol. The van der Waals surface area contributed by atoms with Crippen LogP contribution in [0.25, 0.3) is 0 Å². The van der Waals surface area contributed by atoms with Gasteiger partial charge < -0.3 is 9.63 Å². The van der Waals surface area contributed by atoms with E-state index in [0.717, 1.165) is 0 Å². The lowest BCUT2D eigenvalue weighted by Crippen LogP contribution is -2.49. The zero-order valence-corrected chi connectivity index (χ0v) is 9.99. The Morgan fingerprint density at radius 1 is 1.28 bits per heavy atom. The molecule has 2 heterocycles. The molecule has 0 spiro atoms. The minimum Gasteiger partial charge on any atom is -0.390 e. The molecule has 0 unspecified atom stereocenters. The summed E-state index contributed by atoms with van der Waals surface area (Å²) in [5.74, 6) is 1.32. The van der Waals surface area contributed by atoms with Crippen LogP contribution in [0, 0.1) is 0 Å². The summed E-state index contributed by atoms with van der Waals surface area (Å²) in [4.78, 5) is 6.43. The number of benzene rings is 1. The maximum absolute atomic E-state index is 9.19. The summed E-state index contributed by atoms with van der Waals surface area (Å²) >= 11 is 0. The standard InChI is InChI=1S/C13H15N3O2/c17-11-7-16(8-11)9-13-14-12(15-18-13)6-10-4-2-1-3-5-10/h1-5,11,17H,6-9H2. The topological polar surface area (TPSA) is 62.4 Å². The van der Waals surface area contributed by atoms with Crippen molar-refractivity contribution < 1.29 is 9.63 Å². The van der Waals surface area contributed by atoms with E-state index in [1.54, 1.807) is 0 Å². The van der Waals surface area contributed by atoms with Crippen molar-refractivity contribution in [3.05, 3.63) is 47.6 Å². The van der Waals surface area contributed by atoms with Crippen LogP contribution in [0.15, 0.2) is 34.9 Å². The van der Waals surface area contributed by atoms with Crippen LogP contribution >= 0.6 is 0 Å². The third-order valence-corrected chi connectivity index (χ3v) is 3.01. The average Bonchev–Trinajstić information content (AvgIpc) is 2.76. The summed E-state index contributed by atoms with van der Waals surface area (Å²) in [5.41, 5.74) is 1.17. The number of likely N-dealkylation sites (tertiary alicyclic amines) is 1. The number of aromatic nitrogens is 2. The Kier molecular flexibility index (Phi) is 3.08. The van der Waals surface area contributed by atoms with E-state index in [-0.39, 0.29) is 6.10 Å². The van der Waals surface area contributed by atoms with Gasteiger partial charge in [-0.2, -0.15) is 4.98 Å². The van der Waals surface area contributed by atoms with Crippen molar-refractivity contribution in [2.75, 3.05) is 13.1 Å². The van der Waals surface area contributed by atoms with Gasteiger partial charge in [0.15, 0.2) is 5.82 Å². The van der Waals surface area contributed by atoms with Gasteiger partial charge in [0.25, 0.3) is 0 Å². The summed E-state index contributed by atoms with van der Waals surface area (Å²) in [5, 5.41) is 13.2. The second kappa shape index (κ2) is 4.88. The fourth-order valence-corrected chi connectivity index (χ4v) is 2.07. The summed E-state index contributed by atoms with van der Waals surface area (Å²) in [6, 6.07) is 10.1. The molecule has 18 heavy (non-hydrogen) atoms. The first-order valence-electron chi connectivity index (χ1n) is 6.05. The molecule has 1 saturated heterocycles. The van der Waals surface area contributed by atoms with Crippen molar-refractivity contribution in [3.8, 4) is 0 Å². The predicted molar refractivity (Wildman–Crippen MR) is 64.8 cm³/mol. The molecule has 2 aromatic rings. The minimum atomic E-state index is -0.197. The Hall–Kier alpha value is -1.72. The second-order valence-corrected chi connectivity index (χ2v) is 4.61. The number of hydrogen-bond donors (Lipinski definition) is 1. The van der Waals surface area contributed by atoms with Gasteiger partial charge in [0.2, 0.25) is 5.89 Å². The first-order chi connectivity index (χ1) is 8.79. The Bertz CT molecular complexity index is 506. The number of nitrogens with zero attached hydrogens (tertiary/aromatic N) is 3. The van der Waals surface area contributed by atoms with Crippen LogP contribution in [0.3, 0.4) is 0 Å². The number of β-amino-alcohol motifs (C(OH)–C–C–N with tert-alkyl or cyclic N) is 1. The fourth-order valence-electron chi connectivity index (χ4n) is 2.07. The highest BCUT2D eigenvalue weighted by atomic mass is 16.5. The van der Waals surface area contributed by atoms with E-state index in [0.29, 0.717) is 37.8 Å². The first kappa shape index (κ1) is 11.4. The van der Waals surface area contributed by atoms with E-state index < -0.39 is 0 Å². The zero-order chi connectivity index (χ0) is 12.4. The van der Waals surface area contributed by atoms with Gasteiger partial charge in [-0.05, 0) is 5.56 Å². The van der Waals surface area contributed by atoms with Crippen LogP contribution < -0.4 is 0 Å². The molecule has 94 valence electrons. The molecule has 0 amide bonds. The largest absolute Gasteiger partial charge is 0.390 e. The number of rotatable bonds is 4. The summed E-state index contributed by atoms with van der Waals surface area (Å²) in [6.45, 7) is 2.01. The highest BCUT2D eigenvalue weighted by Crippen LogP contribution is 2.12. The Labute approximate surface area is 105 Å². The molecule has 5 heteroatoms. The Morgan fingerprint density at radius 3 is 2.78 bits per heavy atom. The van der Waals surface area contributed by atoms with Gasteiger partial charge in [-0.3, -0.25) is 4.90 Å². The van der Waals surface area contributed by atoms with Crippen molar-refractivity contribution in [2.45, 2.75) is 19.1 Å². The van der Waals surface area contributed by atoms with Crippen molar-refractivity contribution in [3.63, 3.8) is 0 Å². The lowest BCUT2D eigenvalue weighted by molar-refractivity contribution is -0.00806. The van der Waals surface area contributed by atoms with Gasteiger partial charge in [0, 0.05) is 19.5 Å². The van der Waals surface area contributed by atoms with E-state index in [9.17, 15) is 5.11 Å². The highest BCUT2D eigenvalue weighted by molar-refractivity contribution is 5.18. The molecule has 1 aromatic carbocycles. The van der Waals surface area contributed by atoms with E-state index in [4.69, 9.17) is 4.52 Å². The van der Waals surface area contributed by atoms with Crippen LogP contribution in [-0.4, -0.2) is 39.3 Å². The Morgan fingerprint density at radius 2 is 2.06 bits per heavy atom. The molecule has 1 aliphatic rings. The van der Waals surface area contributed by atoms with Gasteiger partial charge in [0.05, 0.1) is 12.6 Å². The van der Waals surface area contributed by atoms with Gasteiger partial charge in [0.1, 0.15) is 0 Å². The quantitative estimate of drug-likeness (QED) is 0.864. The van der Waals surface area contributed by atoms with Crippen molar-refractivity contribution in [2.24, 2.45) is 0 Å². The molecule has 3 rings (SSSR count). The highest BCUT2D eigenvalue weighted by Gasteiger charge is 2.25. The van der Waals surface area contributed by atoms with Crippen LogP contribution in [-0.2, 0) is 13.0 Å². The number of aliphatic hydroxyl groups excluding tert-OH is 1. The normalized spacial score (nSPS) is 16.7. The van der Waals surface area contributed by atoms with E-state index in [2.05, 4.69) is 15.0 Å². The fraction of sp³-hybridized carbons (Fsp3) is 0.385. The van der Waals surface area contributed by atoms with Crippen LogP contribution in [0.1, 0.15) is 17.3 Å². The molecule has 5 nitrogen and oxygen atoms in total. The van der Waals surface area contributed by atoms with Crippen molar-refractivity contribution >= 4 is 0 Å². The second-order valence-electron chi connectivity index (χ2n) is 4.61. The van der Waals surface area contributed by atoms with Gasteiger partial charge in [-0.1, -0.05) is 35.5 Å². The third kappa shape index (κ3) is 2.57. The van der Waals surface area contributed by atoms with E-state index in [1.807, 2.05) is 30.3 Å². The lowest BCUT2D eigenvalue weighted by atomic mass is 10.1. The molecule has 0 atom stereocenters. The zero-order valence-electron chi connectivity index (χ0n) is 9.99. The van der Waals surface area contributed by atoms with Gasteiger partial charge >= 0.3 is 0 Å². The van der Waals surface area contributed by atoms with Gasteiger partial charge in [-0.25, -0.2) is 0 Å². The Balaban J connectivity index is 1.59. The molecule has 0 bridgehead atoms. The van der Waals surface area contributed by atoms with Crippen molar-refractivity contribution in [1.29, 1.82) is 0 Å². The molecule has 1 aromatic heterocycles. The maximum atomic E-state index is 9.19. The summed E-state index contributed by atoms with van der Waals surface area (Å²) in [7, 11) is 0. The SMILES string of the molecule is OC1CN(Cc2nc(Cc3ccccc3)no2)C1. The van der Waals surface area contributed by atoms with Crippen molar-refractivity contribution in [1.82, 2.24) is 15.0 Å². The monoisotopic (exact) mass is 245 g/mol. The lowest BCUT2D eigenvalue weighted by Gasteiger charge is -2.34. The van der Waals surface area contributed by atoms with E-state index >= 15 is 0 Å². The van der Waals surface area contributed by atoms with Crippen LogP contribution in [0.5, 0.6) is 0 Å².